The third-order valence-corrected chi connectivity index (χ3v) is 2.98. The number of rotatable bonds is 6. The minimum atomic E-state index is -2.98. The Morgan fingerprint density at radius 1 is 1.30 bits per heavy atom. The highest BCUT2D eigenvalue weighted by atomic mass is 19.3. The van der Waals surface area contributed by atoms with E-state index in [1.165, 1.54) is 6.92 Å². The number of amides is 1. The standard InChI is InChI=1S/C12H17F4N3O/c1-4-6(2)17-12(20)7(3)19-9(11(15)16)5-8(18-19)10(13)14/h5-7,10-11H,4H2,1-3H3,(H,17,20). The van der Waals surface area contributed by atoms with Gasteiger partial charge in [0.2, 0.25) is 5.91 Å². The fourth-order valence-corrected chi connectivity index (χ4v) is 1.59. The fraction of sp³-hybridized carbons (Fsp3) is 0.667. The third kappa shape index (κ3) is 3.71. The van der Waals surface area contributed by atoms with E-state index in [4.69, 9.17) is 0 Å². The quantitative estimate of drug-likeness (QED) is 0.819. The molecular formula is C12H17F4N3O. The molecule has 1 amide bonds. The molecule has 114 valence electrons. The van der Waals surface area contributed by atoms with Crippen molar-refractivity contribution in [3.8, 4) is 0 Å². The zero-order chi connectivity index (χ0) is 15.4. The molecule has 0 aliphatic carbocycles. The Bertz CT molecular complexity index is 462. The summed E-state index contributed by atoms with van der Waals surface area (Å²) in [5.41, 5.74) is -1.45. The Hall–Kier alpha value is -1.60. The van der Waals surface area contributed by atoms with Crippen LogP contribution in [-0.2, 0) is 4.79 Å². The highest BCUT2D eigenvalue weighted by Crippen LogP contribution is 2.27. The van der Waals surface area contributed by atoms with Crippen LogP contribution in [0.25, 0.3) is 0 Å². The van der Waals surface area contributed by atoms with E-state index in [-0.39, 0.29) is 6.04 Å². The summed E-state index contributed by atoms with van der Waals surface area (Å²) in [4.78, 5) is 11.9. The van der Waals surface area contributed by atoms with Crippen LogP contribution >= 0.6 is 0 Å². The minimum Gasteiger partial charge on any atom is -0.352 e. The highest BCUT2D eigenvalue weighted by molar-refractivity contribution is 5.80. The molecule has 0 bridgehead atoms. The van der Waals surface area contributed by atoms with E-state index < -0.39 is 36.2 Å². The molecule has 8 heteroatoms. The monoisotopic (exact) mass is 295 g/mol. The van der Waals surface area contributed by atoms with Gasteiger partial charge in [0.1, 0.15) is 17.4 Å². The van der Waals surface area contributed by atoms with E-state index in [1.807, 2.05) is 6.92 Å². The topological polar surface area (TPSA) is 46.9 Å². The van der Waals surface area contributed by atoms with Crippen LogP contribution in [-0.4, -0.2) is 21.7 Å². The molecule has 2 unspecified atom stereocenters. The van der Waals surface area contributed by atoms with Gasteiger partial charge in [-0.2, -0.15) is 5.10 Å². The van der Waals surface area contributed by atoms with Gasteiger partial charge in [0.15, 0.2) is 0 Å². The first-order valence-corrected chi connectivity index (χ1v) is 6.23. The first kappa shape index (κ1) is 16.5. The van der Waals surface area contributed by atoms with Crippen LogP contribution in [0.5, 0.6) is 0 Å². The third-order valence-electron chi connectivity index (χ3n) is 2.98. The Morgan fingerprint density at radius 3 is 2.35 bits per heavy atom. The number of nitrogens with zero attached hydrogens (tertiary/aromatic N) is 2. The molecule has 0 aromatic carbocycles. The van der Waals surface area contributed by atoms with Crippen molar-refractivity contribution in [1.82, 2.24) is 15.1 Å². The fourth-order valence-electron chi connectivity index (χ4n) is 1.59. The number of carbonyl (C=O) groups excluding carboxylic acids is 1. The van der Waals surface area contributed by atoms with Crippen LogP contribution in [0.3, 0.4) is 0 Å². The summed E-state index contributed by atoms with van der Waals surface area (Å²) in [6, 6.07) is -0.590. The molecule has 2 atom stereocenters. The summed E-state index contributed by atoms with van der Waals surface area (Å²) >= 11 is 0. The molecule has 1 aromatic heterocycles. The second-order valence-corrected chi connectivity index (χ2v) is 4.53. The van der Waals surface area contributed by atoms with Crippen molar-refractivity contribution in [3.05, 3.63) is 17.5 Å². The van der Waals surface area contributed by atoms with E-state index in [1.54, 1.807) is 6.92 Å². The van der Waals surface area contributed by atoms with Crippen molar-refractivity contribution < 1.29 is 22.4 Å². The van der Waals surface area contributed by atoms with Crippen LogP contribution in [0.1, 0.15) is 57.5 Å². The van der Waals surface area contributed by atoms with E-state index in [9.17, 15) is 22.4 Å². The van der Waals surface area contributed by atoms with Gasteiger partial charge in [0, 0.05) is 6.04 Å². The van der Waals surface area contributed by atoms with E-state index in [0.29, 0.717) is 17.2 Å². The van der Waals surface area contributed by atoms with Gasteiger partial charge in [-0.15, -0.1) is 0 Å². The van der Waals surface area contributed by atoms with Crippen LogP contribution in [0.2, 0.25) is 0 Å². The van der Waals surface area contributed by atoms with Crippen molar-refractivity contribution in [3.63, 3.8) is 0 Å². The van der Waals surface area contributed by atoms with Crippen LogP contribution in [0, 0.1) is 0 Å². The first-order chi connectivity index (χ1) is 9.27. The maximum Gasteiger partial charge on any atom is 0.282 e. The normalized spacial score (nSPS) is 14.7. The molecule has 0 aliphatic heterocycles. The Labute approximate surface area is 114 Å². The molecule has 0 saturated carbocycles. The van der Waals surface area contributed by atoms with Gasteiger partial charge >= 0.3 is 0 Å². The van der Waals surface area contributed by atoms with Gasteiger partial charge in [-0.25, -0.2) is 17.6 Å². The molecule has 1 heterocycles. The summed E-state index contributed by atoms with van der Waals surface area (Å²) in [7, 11) is 0. The van der Waals surface area contributed by atoms with E-state index in [2.05, 4.69) is 10.4 Å². The maximum absolute atomic E-state index is 12.8. The molecule has 0 fully saturated rings. The lowest BCUT2D eigenvalue weighted by Crippen LogP contribution is -2.37. The Balaban J connectivity index is 3.01. The lowest BCUT2D eigenvalue weighted by molar-refractivity contribution is -0.124. The minimum absolute atomic E-state index is 0.134. The molecule has 1 aromatic rings. The van der Waals surface area contributed by atoms with Gasteiger partial charge in [-0.1, -0.05) is 6.92 Å². The second kappa shape index (κ2) is 6.71. The van der Waals surface area contributed by atoms with Crippen molar-refractivity contribution in [2.75, 3.05) is 0 Å². The van der Waals surface area contributed by atoms with Gasteiger partial charge < -0.3 is 5.32 Å². The molecule has 1 rings (SSSR count). The lowest BCUT2D eigenvalue weighted by atomic mass is 10.2. The smallest absolute Gasteiger partial charge is 0.282 e. The molecule has 4 nitrogen and oxygen atoms in total. The van der Waals surface area contributed by atoms with Crippen molar-refractivity contribution >= 4 is 5.91 Å². The summed E-state index contributed by atoms with van der Waals surface area (Å²) in [5, 5.41) is 6.01. The van der Waals surface area contributed by atoms with Gasteiger partial charge in [0.25, 0.3) is 12.9 Å². The summed E-state index contributed by atoms with van der Waals surface area (Å²) in [6.07, 6.45) is -5.27. The molecule has 20 heavy (non-hydrogen) atoms. The Kier molecular flexibility index (Phi) is 5.52. The van der Waals surface area contributed by atoms with Crippen LogP contribution in [0.15, 0.2) is 6.07 Å². The predicted octanol–water partition coefficient (Wildman–Crippen LogP) is 3.23. The first-order valence-electron chi connectivity index (χ1n) is 6.23. The number of aromatic nitrogens is 2. The van der Waals surface area contributed by atoms with Gasteiger partial charge in [-0.3, -0.25) is 9.48 Å². The van der Waals surface area contributed by atoms with Crippen molar-refractivity contribution in [2.24, 2.45) is 0 Å². The zero-order valence-electron chi connectivity index (χ0n) is 11.4. The van der Waals surface area contributed by atoms with E-state index >= 15 is 0 Å². The van der Waals surface area contributed by atoms with Crippen LogP contribution < -0.4 is 5.32 Å². The number of hydrogen-bond donors (Lipinski definition) is 1. The number of halogens is 4. The second-order valence-electron chi connectivity index (χ2n) is 4.53. The summed E-state index contributed by atoms with van der Waals surface area (Å²) in [6.45, 7) is 4.95. The Morgan fingerprint density at radius 2 is 1.90 bits per heavy atom. The molecule has 1 N–H and O–H groups in total. The predicted molar refractivity (Wildman–Crippen MR) is 64.7 cm³/mol. The van der Waals surface area contributed by atoms with Crippen LogP contribution in [0.4, 0.5) is 17.6 Å². The SMILES string of the molecule is CCC(C)NC(=O)C(C)n1nc(C(F)F)cc1C(F)F. The highest BCUT2D eigenvalue weighted by Gasteiger charge is 2.27. The number of alkyl halides is 4. The van der Waals surface area contributed by atoms with Crippen molar-refractivity contribution in [1.29, 1.82) is 0 Å². The lowest BCUT2D eigenvalue weighted by Gasteiger charge is -2.18. The molecule has 0 spiro atoms. The average molecular weight is 295 g/mol. The summed E-state index contributed by atoms with van der Waals surface area (Å²) < 4.78 is 51.4. The number of carbonyl (C=O) groups is 1. The molecule has 0 aliphatic rings. The molecule has 0 radical (unpaired) electrons. The van der Waals surface area contributed by atoms with Crippen molar-refractivity contribution in [2.45, 2.75) is 52.1 Å². The maximum atomic E-state index is 12.8. The number of nitrogens with one attached hydrogen (secondary N) is 1. The number of hydrogen-bond acceptors (Lipinski definition) is 2. The average Bonchev–Trinajstić information content (AvgIpc) is 2.82. The zero-order valence-corrected chi connectivity index (χ0v) is 11.4. The molecule has 0 saturated heterocycles. The largest absolute Gasteiger partial charge is 0.352 e. The van der Waals surface area contributed by atoms with Gasteiger partial charge in [0.05, 0.1) is 0 Å². The van der Waals surface area contributed by atoms with Gasteiger partial charge in [-0.05, 0) is 26.3 Å². The molecular weight excluding hydrogens is 278 g/mol. The van der Waals surface area contributed by atoms with E-state index in [0.717, 1.165) is 0 Å². The summed E-state index contributed by atoms with van der Waals surface area (Å²) in [5.74, 6) is -0.537.